The second-order valence-corrected chi connectivity index (χ2v) is 4.43. The van der Waals surface area contributed by atoms with Crippen LogP contribution in [0.25, 0.3) is 6.08 Å². The highest BCUT2D eigenvalue weighted by atomic mass is 16.7. The van der Waals surface area contributed by atoms with Crippen LogP contribution in [0.15, 0.2) is 24.3 Å². The molecular formula is C15H15NO6. The number of carbonyl (C=O) groups excluding carboxylic acids is 3. The molecule has 0 bridgehead atoms. The van der Waals surface area contributed by atoms with Gasteiger partial charge < -0.3 is 14.3 Å². The Balaban J connectivity index is 2.06. The molecule has 22 heavy (non-hydrogen) atoms. The van der Waals surface area contributed by atoms with Crippen LogP contribution in [-0.2, 0) is 19.2 Å². The average molecular weight is 305 g/mol. The Labute approximate surface area is 127 Å². The third-order valence-electron chi connectivity index (χ3n) is 3.03. The van der Waals surface area contributed by atoms with Crippen LogP contribution in [0.3, 0.4) is 0 Å². The van der Waals surface area contributed by atoms with Gasteiger partial charge in [-0.3, -0.25) is 9.59 Å². The van der Waals surface area contributed by atoms with Crippen LogP contribution in [0.2, 0.25) is 0 Å². The molecule has 0 aromatic heterocycles. The summed E-state index contributed by atoms with van der Waals surface area (Å²) in [7, 11) is 3.03. The minimum Gasteiger partial charge on any atom is -0.497 e. The monoisotopic (exact) mass is 305 g/mol. The lowest BCUT2D eigenvalue weighted by atomic mass is 10.2. The maximum atomic E-state index is 11.7. The van der Waals surface area contributed by atoms with Crippen molar-refractivity contribution in [1.82, 2.24) is 5.06 Å². The van der Waals surface area contributed by atoms with Crippen LogP contribution >= 0.6 is 0 Å². The zero-order valence-corrected chi connectivity index (χ0v) is 12.2. The molecule has 1 heterocycles. The van der Waals surface area contributed by atoms with E-state index in [2.05, 4.69) is 0 Å². The predicted molar refractivity (Wildman–Crippen MR) is 75.8 cm³/mol. The van der Waals surface area contributed by atoms with Gasteiger partial charge >= 0.3 is 5.97 Å². The maximum Gasteiger partial charge on any atom is 0.356 e. The van der Waals surface area contributed by atoms with Crippen LogP contribution in [0.1, 0.15) is 18.4 Å². The number of benzene rings is 1. The van der Waals surface area contributed by atoms with Crippen molar-refractivity contribution in [2.45, 2.75) is 12.8 Å². The summed E-state index contributed by atoms with van der Waals surface area (Å²) in [6.07, 6.45) is 2.69. The van der Waals surface area contributed by atoms with Gasteiger partial charge in [0, 0.05) is 30.5 Å². The van der Waals surface area contributed by atoms with E-state index in [0.717, 1.165) is 6.08 Å². The van der Waals surface area contributed by atoms with Crippen LogP contribution in [0.4, 0.5) is 0 Å². The lowest BCUT2D eigenvalue weighted by Crippen LogP contribution is -2.31. The number of hydroxylamine groups is 2. The molecule has 116 valence electrons. The van der Waals surface area contributed by atoms with E-state index in [9.17, 15) is 14.4 Å². The second kappa shape index (κ2) is 6.75. The van der Waals surface area contributed by atoms with Crippen LogP contribution < -0.4 is 9.47 Å². The summed E-state index contributed by atoms with van der Waals surface area (Å²) in [5, 5.41) is 0.498. The van der Waals surface area contributed by atoms with E-state index < -0.39 is 17.8 Å². The van der Waals surface area contributed by atoms with Gasteiger partial charge in [-0.25, -0.2) is 4.79 Å². The molecule has 0 radical (unpaired) electrons. The number of hydrogen-bond donors (Lipinski definition) is 0. The number of rotatable bonds is 5. The molecule has 0 aliphatic carbocycles. The van der Waals surface area contributed by atoms with E-state index in [1.807, 2.05) is 0 Å². The Hall–Kier alpha value is -2.83. The molecule has 0 unspecified atom stereocenters. The normalized spacial score (nSPS) is 14.5. The summed E-state index contributed by atoms with van der Waals surface area (Å²) in [4.78, 5) is 39.1. The van der Waals surface area contributed by atoms with Gasteiger partial charge in [-0.1, -0.05) is 0 Å². The Morgan fingerprint density at radius 1 is 1.14 bits per heavy atom. The lowest BCUT2D eigenvalue weighted by Gasteiger charge is -2.11. The second-order valence-electron chi connectivity index (χ2n) is 4.43. The fraction of sp³-hybridized carbons (Fsp3) is 0.267. The van der Waals surface area contributed by atoms with E-state index in [1.54, 1.807) is 18.2 Å². The average Bonchev–Trinajstić information content (AvgIpc) is 2.84. The minimum absolute atomic E-state index is 0.0577. The maximum absolute atomic E-state index is 11.7. The van der Waals surface area contributed by atoms with Gasteiger partial charge in [-0.15, -0.1) is 5.06 Å². The van der Waals surface area contributed by atoms with Crippen molar-refractivity contribution < 1.29 is 28.7 Å². The Kier molecular flexibility index (Phi) is 4.77. The summed E-state index contributed by atoms with van der Waals surface area (Å²) >= 11 is 0. The third-order valence-corrected chi connectivity index (χ3v) is 3.03. The zero-order valence-electron chi connectivity index (χ0n) is 12.2. The molecule has 2 amide bonds. The Bertz CT molecular complexity index is 621. The summed E-state index contributed by atoms with van der Waals surface area (Å²) in [6.45, 7) is 0. The first-order valence-corrected chi connectivity index (χ1v) is 6.53. The fourth-order valence-electron chi connectivity index (χ4n) is 1.89. The lowest BCUT2D eigenvalue weighted by molar-refractivity contribution is -0.193. The van der Waals surface area contributed by atoms with Gasteiger partial charge in [0.25, 0.3) is 11.8 Å². The quantitative estimate of drug-likeness (QED) is 0.603. The van der Waals surface area contributed by atoms with Crippen molar-refractivity contribution in [3.8, 4) is 11.5 Å². The number of hydrogen-bond acceptors (Lipinski definition) is 6. The van der Waals surface area contributed by atoms with Crippen molar-refractivity contribution >= 4 is 23.9 Å². The van der Waals surface area contributed by atoms with Gasteiger partial charge in [-0.2, -0.15) is 0 Å². The Morgan fingerprint density at radius 2 is 1.82 bits per heavy atom. The summed E-state index contributed by atoms with van der Waals surface area (Å²) in [5.41, 5.74) is 0.624. The topological polar surface area (TPSA) is 82.1 Å². The van der Waals surface area contributed by atoms with Gasteiger partial charge in [-0.05, 0) is 18.2 Å². The van der Waals surface area contributed by atoms with Crippen LogP contribution in [0.5, 0.6) is 11.5 Å². The highest BCUT2D eigenvalue weighted by Crippen LogP contribution is 2.25. The van der Waals surface area contributed by atoms with Crippen molar-refractivity contribution in [2.75, 3.05) is 14.2 Å². The van der Waals surface area contributed by atoms with E-state index in [0.29, 0.717) is 22.1 Å². The first-order valence-electron chi connectivity index (χ1n) is 6.53. The van der Waals surface area contributed by atoms with Crippen LogP contribution in [-0.4, -0.2) is 37.1 Å². The number of carbonyl (C=O) groups is 3. The molecule has 1 saturated heterocycles. The molecule has 7 nitrogen and oxygen atoms in total. The first-order chi connectivity index (χ1) is 10.5. The Morgan fingerprint density at radius 3 is 2.41 bits per heavy atom. The van der Waals surface area contributed by atoms with Crippen molar-refractivity contribution in [3.05, 3.63) is 29.8 Å². The SMILES string of the molecule is COc1ccc(/C=C/C(=O)ON2C(=O)CCC2=O)c(OC)c1. The van der Waals surface area contributed by atoms with E-state index >= 15 is 0 Å². The largest absolute Gasteiger partial charge is 0.497 e. The van der Waals surface area contributed by atoms with E-state index in [4.69, 9.17) is 14.3 Å². The molecular weight excluding hydrogens is 290 g/mol. The first kappa shape index (κ1) is 15.6. The number of ether oxygens (including phenoxy) is 2. The predicted octanol–water partition coefficient (Wildman–Crippen LogP) is 1.32. The molecule has 1 aromatic rings. The van der Waals surface area contributed by atoms with Gasteiger partial charge in [0.15, 0.2) is 0 Å². The summed E-state index contributed by atoms with van der Waals surface area (Å²) in [5.74, 6) is -0.731. The smallest absolute Gasteiger partial charge is 0.356 e. The summed E-state index contributed by atoms with van der Waals surface area (Å²) < 4.78 is 10.3. The molecule has 0 spiro atoms. The van der Waals surface area contributed by atoms with E-state index in [1.165, 1.54) is 20.3 Å². The van der Waals surface area contributed by atoms with E-state index in [-0.39, 0.29) is 12.8 Å². The van der Waals surface area contributed by atoms with Gasteiger partial charge in [0.2, 0.25) is 0 Å². The molecule has 0 atom stereocenters. The molecule has 0 N–H and O–H groups in total. The van der Waals surface area contributed by atoms with Gasteiger partial charge in [0.1, 0.15) is 11.5 Å². The van der Waals surface area contributed by atoms with Crippen molar-refractivity contribution in [1.29, 1.82) is 0 Å². The highest BCUT2D eigenvalue weighted by molar-refractivity contribution is 6.02. The van der Waals surface area contributed by atoms with Crippen LogP contribution in [0, 0.1) is 0 Å². The minimum atomic E-state index is -0.818. The number of amides is 2. The van der Waals surface area contributed by atoms with Crippen molar-refractivity contribution in [3.63, 3.8) is 0 Å². The zero-order chi connectivity index (χ0) is 16.1. The molecule has 2 rings (SSSR count). The fourth-order valence-corrected chi connectivity index (χ4v) is 1.89. The molecule has 1 aliphatic heterocycles. The third kappa shape index (κ3) is 3.43. The van der Waals surface area contributed by atoms with Gasteiger partial charge in [0.05, 0.1) is 14.2 Å². The number of imide groups is 1. The molecule has 0 saturated carbocycles. The molecule has 1 aliphatic rings. The molecule has 1 fully saturated rings. The summed E-state index contributed by atoms with van der Waals surface area (Å²) in [6, 6.07) is 5.08. The molecule has 1 aromatic carbocycles. The van der Waals surface area contributed by atoms with Crippen molar-refractivity contribution in [2.24, 2.45) is 0 Å². The number of nitrogens with zero attached hydrogens (tertiary/aromatic N) is 1. The standard InChI is InChI=1S/C15H15NO6/c1-20-11-5-3-10(12(9-11)21-2)4-8-15(19)22-16-13(17)6-7-14(16)18/h3-5,8-9H,6-7H2,1-2H3/b8-4+. The highest BCUT2D eigenvalue weighted by Gasteiger charge is 2.32. The number of methoxy groups -OCH3 is 2. The molecule has 7 heteroatoms.